The molecule has 0 spiro atoms. The summed E-state index contributed by atoms with van der Waals surface area (Å²) in [5.74, 6) is 0.263. The van der Waals surface area contributed by atoms with Crippen LogP contribution in [0.25, 0.3) is 0 Å². The maximum atomic E-state index is 11.4. The summed E-state index contributed by atoms with van der Waals surface area (Å²) in [6.45, 7) is 3.17. The first-order valence-corrected chi connectivity index (χ1v) is 6.91. The van der Waals surface area contributed by atoms with E-state index in [1.165, 1.54) is 0 Å². The summed E-state index contributed by atoms with van der Waals surface area (Å²) in [6.07, 6.45) is 0. The van der Waals surface area contributed by atoms with Gasteiger partial charge in [-0.15, -0.1) is 0 Å². The van der Waals surface area contributed by atoms with Crippen LogP contribution in [0.4, 0.5) is 0 Å². The lowest BCUT2D eigenvalue weighted by Gasteiger charge is -2.09. The number of hydrogen-bond acceptors (Lipinski definition) is 3. The van der Waals surface area contributed by atoms with Gasteiger partial charge < -0.3 is 15.7 Å². The van der Waals surface area contributed by atoms with Crippen LogP contribution < -0.4 is 10.6 Å². The predicted molar refractivity (Wildman–Crippen MR) is 83.2 cm³/mol. The van der Waals surface area contributed by atoms with E-state index < -0.39 is 0 Å². The van der Waals surface area contributed by atoms with E-state index in [9.17, 15) is 9.90 Å². The quantitative estimate of drug-likeness (QED) is 0.790. The van der Waals surface area contributed by atoms with Crippen LogP contribution in [0.5, 0.6) is 5.75 Å². The number of aromatic hydroxyl groups is 1. The molecule has 2 rings (SSSR count). The number of phenolic OH excluding ortho intramolecular Hbond substituents is 1. The third-order valence-electron chi connectivity index (χ3n) is 3.41. The molecule has 4 heteroatoms. The van der Waals surface area contributed by atoms with E-state index in [2.05, 4.69) is 10.6 Å². The van der Waals surface area contributed by atoms with Crippen molar-refractivity contribution in [3.63, 3.8) is 0 Å². The summed E-state index contributed by atoms with van der Waals surface area (Å²) >= 11 is 0. The number of para-hydroxylation sites is 1. The second-order valence-electron chi connectivity index (χ2n) is 4.96. The molecule has 110 valence electrons. The number of nitrogens with one attached hydrogen (secondary N) is 2. The number of carbonyl (C=O) groups is 1. The third-order valence-corrected chi connectivity index (χ3v) is 3.41. The SMILES string of the molecule is CNC(=O)c1ccc(CNCc2cccc(C)c2O)cc1. The summed E-state index contributed by atoms with van der Waals surface area (Å²) < 4.78 is 0. The van der Waals surface area contributed by atoms with Crippen LogP contribution in [-0.2, 0) is 13.1 Å². The number of phenols is 1. The molecule has 0 fully saturated rings. The highest BCUT2D eigenvalue weighted by atomic mass is 16.3. The highest BCUT2D eigenvalue weighted by Gasteiger charge is 2.04. The summed E-state index contributed by atoms with van der Waals surface area (Å²) in [5, 5.41) is 15.8. The van der Waals surface area contributed by atoms with E-state index in [0.717, 1.165) is 16.7 Å². The number of amides is 1. The Morgan fingerprint density at radius 3 is 2.48 bits per heavy atom. The summed E-state index contributed by atoms with van der Waals surface area (Å²) in [5.41, 5.74) is 3.51. The van der Waals surface area contributed by atoms with E-state index in [0.29, 0.717) is 24.4 Å². The molecule has 0 bridgehead atoms. The highest BCUT2D eigenvalue weighted by molar-refractivity contribution is 5.93. The largest absolute Gasteiger partial charge is 0.507 e. The number of rotatable bonds is 5. The van der Waals surface area contributed by atoms with Crippen molar-refractivity contribution in [2.75, 3.05) is 7.05 Å². The minimum atomic E-state index is -0.0841. The zero-order valence-electron chi connectivity index (χ0n) is 12.3. The monoisotopic (exact) mass is 284 g/mol. The molecule has 0 saturated heterocycles. The van der Waals surface area contributed by atoms with Crippen LogP contribution >= 0.6 is 0 Å². The molecular weight excluding hydrogens is 264 g/mol. The van der Waals surface area contributed by atoms with Crippen molar-refractivity contribution < 1.29 is 9.90 Å². The lowest BCUT2D eigenvalue weighted by molar-refractivity contribution is 0.0963. The van der Waals surface area contributed by atoms with Gasteiger partial charge in [0.2, 0.25) is 0 Å². The van der Waals surface area contributed by atoms with Crippen molar-refractivity contribution in [2.45, 2.75) is 20.0 Å². The summed E-state index contributed by atoms with van der Waals surface area (Å²) in [7, 11) is 1.62. The van der Waals surface area contributed by atoms with Crippen LogP contribution in [0.3, 0.4) is 0 Å². The molecule has 0 heterocycles. The first-order chi connectivity index (χ1) is 10.1. The van der Waals surface area contributed by atoms with Crippen LogP contribution in [-0.4, -0.2) is 18.1 Å². The molecule has 0 unspecified atom stereocenters. The maximum absolute atomic E-state index is 11.4. The molecule has 2 aromatic rings. The van der Waals surface area contributed by atoms with E-state index in [4.69, 9.17) is 0 Å². The Kier molecular flexibility index (Phi) is 4.95. The summed E-state index contributed by atoms with van der Waals surface area (Å²) in [4.78, 5) is 11.4. The Balaban J connectivity index is 1.91. The van der Waals surface area contributed by atoms with E-state index >= 15 is 0 Å². The first kappa shape index (κ1) is 15.1. The Labute approximate surface area is 124 Å². The molecule has 3 N–H and O–H groups in total. The molecule has 21 heavy (non-hydrogen) atoms. The van der Waals surface area contributed by atoms with Gasteiger partial charge in [0, 0.05) is 31.3 Å². The molecule has 0 radical (unpaired) electrons. The normalized spacial score (nSPS) is 10.4. The van der Waals surface area contributed by atoms with E-state index in [1.807, 2.05) is 37.3 Å². The molecule has 0 aliphatic rings. The molecule has 2 aromatic carbocycles. The number of hydrogen-bond donors (Lipinski definition) is 3. The second-order valence-corrected chi connectivity index (χ2v) is 4.96. The Morgan fingerprint density at radius 2 is 1.81 bits per heavy atom. The molecule has 0 aliphatic carbocycles. The van der Waals surface area contributed by atoms with E-state index in [1.54, 1.807) is 19.2 Å². The Hall–Kier alpha value is -2.33. The standard InChI is InChI=1S/C17H20N2O2/c1-12-4-3-5-15(16(12)20)11-19-10-13-6-8-14(9-7-13)17(21)18-2/h3-9,19-20H,10-11H2,1-2H3,(H,18,21). The van der Waals surface area contributed by atoms with Crippen molar-refractivity contribution in [3.05, 3.63) is 64.7 Å². The zero-order valence-corrected chi connectivity index (χ0v) is 12.3. The van der Waals surface area contributed by atoms with Gasteiger partial charge in [0.1, 0.15) is 5.75 Å². The van der Waals surface area contributed by atoms with Gasteiger partial charge in [0.05, 0.1) is 0 Å². The smallest absolute Gasteiger partial charge is 0.251 e. The maximum Gasteiger partial charge on any atom is 0.251 e. The van der Waals surface area contributed by atoms with Gasteiger partial charge in [-0.25, -0.2) is 0 Å². The number of aryl methyl sites for hydroxylation is 1. The average Bonchev–Trinajstić information content (AvgIpc) is 2.51. The van der Waals surface area contributed by atoms with Gasteiger partial charge in [0.15, 0.2) is 0 Å². The van der Waals surface area contributed by atoms with Gasteiger partial charge in [-0.3, -0.25) is 4.79 Å². The van der Waals surface area contributed by atoms with Crippen LogP contribution in [0, 0.1) is 6.92 Å². The molecule has 0 atom stereocenters. The number of benzene rings is 2. The first-order valence-electron chi connectivity index (χ1n) is 6.91. The van der Waals surface area contributed by atoms with Gasteiger partial charge in [0.25, 0.3) is 5.91 Å². The minimum absolute atomic E-state index is 0.0841. The van der Waals surface area contributed by atoms with Crippen molar-refractivity contribution in [3.8, 4) is 5.75 Å². The molecule has 0 aliphatic heterocycles. The molecule has 0 aromatic heterocycles. The van der Waals surface area contributed by atoms with Crippen molar-refractivity contribution in [2.24, 2.45) is 0 Å². The lowest BCUT2D eigenvalue weighted by Crippen LogP contribution is -2.18. The molecule has 4 nitrogen and oxygen atoms in total. The van der Waals surface area contributed by atoms with Gasteiger partial charge in [-0.1, -0.05) is 30.3 Å². The molecular formula is C17H20N2O2. The summed E-state index contributed by atoms with van der Waals surface area (Å²) in [6, 6.07) is 13.2. The van der Waals surface area contributed by atoms with Crippen molar-refractivity contribution in [1.82, 2.24) is 10.6 Å². The van der Waals surface area contributed by atoms with Crippen LogP contribution in [0.2, 0.25) is 0 Å². The number of carbonyl (C=O) groups excluding carboxylic acids is 1. The molecule has 1 amide bonds. The average molecular weight is 284 g/mol. The minimum Gasteiger partial charge on any atom is -0.507 e. The fourth-order valence-electron chi connectivity index (χ4n) is 2.12. The Bertz CT molecular complexity index is 621. The van der Waals surface area contributed by atoms with Crippen LogP contribution in [0.1, 0.15) is 27.0 Å². The van der Waals surface area contributed by atoms with Crippen molar-refractivity contribution >= 4 is 5.91 Å². The zero-order chi connectivity index (χ0) is 15.2. The van der Waals surface area contributed by atoms with Gasteiger partial charge in [-0.05, 0) is 30.2 Å². The van der Waals surface area contributed by atoms with Gasteiger partial charge in [-0.2, -0.15) is 0 Å². The van der Waals surface area contributed by atoms with Crippen LogP contribution in [0.15, 0.2) is 42.5 Å². The molecule has 0 saturated carbocycles. The second kappa shape index (κ2) is 6.90. The highest BCUT2D eigenvalue weighted by Crippen LogP contribution is 2.21. The lowest BCUT2D eigenvalue weighted by atomic mass is 10.1. The van der Waals surface area contributed by atoms with Crippen molar-refractivity contribution in [1.29, 1.82) is 0 Å². The Morgan fingerprint density at radius 1 is 1.10 bits per heavy atom. The third kappa shape index (κ3) is 3.83. The van der Waals surface area contributed by atoms with E-state index in [-0.39, 0.29) is 5.91 Å². The van der Waals surface area contributed by atoms with Gasteiger partial charge >= 0.3 is 0 Å². The fraction of sp³-hybridized carbons (Fsp3) is 0.235. The fourth-order valence-corrected chi connectivity index (χ4v) is 2.12. The topological polar surface area (TPSA) is 61.4 Å². The predicted octanol–water partition coefficient (Wildman–Crippen LogP) is 2.35.